The van der Waals surface area contributed by atoms with Gasteiger partial charge in [0.25, 0.3) is 6.43 Å². The number of hydrogen-bond donors (Lipinski definition) is 3. The molecule has 0 spiro atoms. The minimum Gasteiger partial charge on any atom is -0.507 e. The summed E-state index contributed by atoms with van der Waals surface area (Å²) in [5, 5.41) is 16.5. The lowest BCUT2D eigenvalue weighted by Crippen LogP contribution is -2.49. The summed E-state index contributed by atoms with van der Waals surface area (Å²) in [4.78, 5) is 6.45. The maximum absolute atomic E-state index is 12.5. The van der Waals surface area contributed by atoms with Crippen LogP contribution in [0.15, 0.2) is 17.1 Å². The van der Waals surface area contributed by atoms with Gasteiger partial charge in [-0.15, -0.1) is 0 Å². The second-order valence-corrected chi connectivity index (χ2v) is 6.88. The summed E-state index contributed by atoms with van der Waals surface area (Å²) in [6.45, 7) is 8.26. The average Bonchev–Trinajstić information content (AvgIpc) is 2.59. The normalized spacial score (nSPS) is 16.9. The molecule has 0 bridgehead atoms. The standard InChI is InChI=1S/C19H30F2N4O/c1-4-22-19(23-11-15-9-13(2)18(26)14(3)10-15)24-16-5-7-25(8-6-16)12-17(20)21/h9-10,16-17,26H,4-8,11-12H2,1-3H3,(H2,22,23,24). The molecule has 1 fully saturated rings. The molecule has 0 saturated carbocycles. The Kier molecular flexibility index (Phi) is 7.63. The van der Waals surface area contributed by atoms with Gasteiger partial charge in [-0.25, -0.2) is 13.8 Å². The van der Waals surface area contributed by atoms with E-state index in [0.717, 1.165) is 42.0 Å². The highest BCUT2D eigenvalue weighted by molar-refractivity contribution is 5.80. The molecule has 3 N–H and O–H groups in total. The van der Waals surface area contributed by atoms with Crippen LogP contribution in [0.4, 0.5) is 8.78 Å². The molecule has 5 nitrogen and oxygen atoms in total. The molecule has 1 aliphatic heterocycles. The Balaban J connectivity index is 1.93. The zero-order chi connectivity index (χ0) is 19.1. The Morgan fingerprint density at radius 2 is 1.88 bits per heavy atom. The molecule has 1 aliphatic rings. The van der Waals surface area contributed by atoms with Gasteiger partial charge in [0.1, 0.15) is 5.75 Å². The van der Waals surface area contributed by atoms with Crippen molar-refractivity contribution in [3.8, 4) is 5.75 Å². The number of phenols is 1. The third-order valence-electron chi connectivity index (χ3n) is 4.64. The van der Waals surface area contributed by atoms with Crippen molar-refractivity contribution < 1.29 is 13.9 Å². The Labute approximate surface area is 154 Å². The number of alkyl halides is 2. The maximum Gasteiger partial charge on any atom is 0.251 e. The number of aliphatic imine (C=N–C) groups is 1. The molecule has 2 rings (SSSR count). The molecule has 1 aromatic carbocycles. The van der Waals surface area contributed by atoms with Crippen molar-refractivity contribution in [1.29, 1.82) is 0 Å². The fraction of sp³-hybridized carbons (Fsp3) is 0.632. The Hall–Kier alpha value is -1.89. The summed E-state index contributed by atoms with van der Waals surface area (Å²) in [7, 11) is 0. The van der Waals surface area contributed by atoms with Crippen LogP contribution < -0.4 is 10.6 Å². The molecule has 7 heteroatoms. The fourth-order valence-electron chi connectivity index (χ4n) is 3.28. The van der Waals surface area contributed by atoms with E-state index in [4.69, 9.17) is 0 Å². The van der Waals surface area contributed by atoms with Gasteiger partial charge < -0.3 is 15.7 Å². The molecule has 0 atom stereocenters. The summed E-state index contributed by atoms with van der Waals surface area (Å²) in [6.07, 6.45) is -0.612. The molecule has 1 aromatic rings. The second kappa shape index (κ2) is 9.71. The van der Waals surface area contributed by atoms with Crippen LogP contribution in [-0.4, -0.2) is 54.6 Å². The summed E-state index contributed by atoms with van der Waals surface area (Å²) in [6, 6.07) is 4.13. The van der Waals surface area contributed by atoms with Crippen LogP contribution in [0.5, 0.6) is 5.75 Å². The Morgan fingerprint density at radius 1 is 1.27 bits per heavy atom. The van der Waals surface area contributed by atoms with Crippen LogP contribution in [0.1, 0.15) is 36.5 Å². The van der Waals surface area contributed by atoms with Crippen molar-refractivity contribution in [1.82, 2.24) is 15.5 Å². The number of guanidine groups is 1. The van der Waals surface area contributed by atoms with E-state index in [2.05, 4.69) is 15.6 Å². The van der Waals surface area contributed by atoms with Gasteiger partial charge in [-0.1, -0.05) is 12.1 Å². The number of aromatic hydroxyl groups is 1. The molecule has 0 amide bonds. The topological polar surface area (TPSA) is 59.9 Å². The summed E-state index contributed by atoms with van der Waals surface area (Å²) < 4.78 is 24.9. The van der Waals surface area contributed by atoms with E-state index in [1.165, 1.54) is 0 Å². The van der Waals surface area contributed by atoms with Gasteiger partial charge in [-0.3, -0.25) is 4.90 Å². The molecular formula is C19H30F2N4O. The lowest BCUT2D eigenvalue weighted by Gasteiger charge is -2.32. The minimum atomic E-state index is -2.27. The molecular weight excluding hydrogens is 338 g/mol. The predicted molar refractivity (Wildman–Crippen MR) is 101 cm³/mol. The maximum atomic E-state index is 12.5. The lowest BCUT2D eigenvalue weighted by atomic mass is 10.1. The zero-order valence-electron chi connectivity index (χ0n) is 15.9. The number of aryl methyl sites for hydroxylation is 2. The van der Waals surface area contributed by atoms with Crippen LogP contribution >= 0.6 is 0 Å². The highest BCUT2D eigenvalue weighted by Crippen LogP contribution is 2.23. The number of hydrogen-bond acceptors (Lipinski definition) is 3. The Morgan fingerprint density at radius 3 is 2.42 bits per heavy atom. The van der Waals surface area contributed by atoms with Crippen LogP contribution in [0.25, 0.3) is 0 Å². The van der Waals surface area contributed by atoms with Crippen molar-refractivity contribution in [2.75, 3.05) is 26.2 Å². The minimum absolute atomic E-state index is 0.138. The molecule has 0 unspecified atom stereocenters. The van der Waals surface area contributed by atoms with Gasteiger partial charge in [0.05, 0.1) is 13.1 Å². The van der Waals surface area contributed by atoms with E-state index in [1.807, 2.05) is 37.8 Å². The number of piperidine rings is 1. The SMILES string of the molecule is CCNC(=NCc1cc(C)c(O)c(C)c1)NC1CCN(CC(F)F)CC1. The summed E-state index contributed by atoms with van der Waals surface area (Å²) in [5.74, 6) is 1.07. The largest absolute Gasteiger partial charge is 0.507 e. The highest BCUT2D eigenvalue weighted by Gasteiger charge is 2.21. The zero-order valence-corrected chi connectivity index (χ0v) is 15.9. The highest BCUT2D eigenvalue weighted by atomic mass is 19.3. The summed E-state index contributed by atoms with van der Waals surface area (Å²) >= 11 is 0. The van der Waals surface area contributed by atoms with Crippen molar-refractivity contribution in [3.63, 3.8) is 0 Å². The lowest BCUT2D eigenvalue weighted by molar-refractivity contribution is 0.0744. The second-order valence-electron chi connectivity index (χ2n) is 6.88. The smallest absolute Gasteiger partial charge is 0.251 e. The molecule has 146 valence electrons. The van der Waals surface area contributed by atoms with E-state index in [0.29, 0.717) is 25.4 Å². The number of nitrogens with one attached hydrogen (secondary N) is 2. The first-order valence-electron chi connectivity index (χ1n) is 9.23. The van der Waals surface area contributed by atoms with E-state index < -0.39 is 6.43 Å². The van der Waals surface area contributed by atoms with Crippen molar-refractivity contribution >= 4 is 5.96 Å². The fourth-order valence-corrected chi connectivity index (χ4v) is 3.28. The van der Waals surface area contributed by atoms with E-state index in [9.17, 15) is 13.9 Å². The van der Waals surface area contributed by atoms with Gasteiger partial charge in [0.15, 0.2) is 5.96 Å². The van der Waals surface area contributed by atoms with Gasteiger partial charge in [0.2, 0.25) is 0 Å². The molecule has 26 heavy (non-hydrogen) atoms. The van der Waals surface area contributed by atoms with Gasteiger partial charge in [-0.2, -0.15) is 0 Å². The summed E-state index contributed by atoms with van der Waals surface area (Å²) in [5.41, 5.74) is 2.74. The first-order valence-corrected chi connectivity index (χ1v) is 9.23. The van der Waals surface area contributed by atoms with Crippen LogP contribution in [-0.2, 0) is 6.54 Å². The van der Waals surface area contributed by atoms with Gasteiger partial charge in [-0.05, 0) is 50.3 Å². The molecule has 1 saturated heterocycles. The monoisotopic (exact) mass is 368 g/mol. The van der Waals surface area contributed by atoms with Crippen molar-refractivity contribution in [2.24, 2.45) is 4.99 Å². The quantitative estimate of drug-likeness (QED) is 0.534. The third kappa shape index (κ3) is 6.12. The number of benzene rings is 1. The number of nitrogens with zero attached hydrogens (tertiary/aromatic N) is 2. The van der Waals surface area contributed by atoms with Crippen LogP contribution in [0.2, 0.25) is 0 Å². The van der Waals surface area contributed by atoms with Crippen molar-refractivity contribution in [3.05, 3.63) is 28.8 Å². The van der Waals surface area contributed by atoms with Gasteiger partial charge >= 0.3 is 0 Å². The Bertz CT molecular complexity index is 591. The molecule has 0 aromatic heterocycles. The van der Waals surface area contributed by atoms with E-state index >= 15 is 0 Å². The predicted octanol–water partition coefficient (Wildman–Crippen LogP) is 2.79. The molecule has 1 heterocycles. The molecule has 0 radical (unpaired) electrons. The number of rotatable bonds is 6. The van der Waals surface area contributed by atoms with E-state index in [1.54, 1.807) is 0 Å². The van der Waals surface area contributed by atoms with Crippen LogP contribution in [0, 0.1) is 13.8 Å². The van der Waals surface area contributed by atoms with Crippen LogP contribution in [0.3, 0.4) is 0 Å². The first kappa shape index (κ1) is 20.4. The first-order chi connectivity index (χ1) is 12.4. The van der Waals surface area contributed by atoms with Crippen molar-refractivity contribution in [2.45, 2.75) is 52.6 Å². The molecule has 0 aliphatic carbocycles. The number of phenolic OH excluding ortho intramolecular Hbond substituents is 1. The average molecular weight is 368 g/mol. The number of likely N-dealkylation sites (tertiary alicyclic amines) is 1. The number of halogens is 2. The van der Waals surface area contributed by atoms with Gasteiger partial charge in [0, 0.05) is 25.7 Å². The van der Waals surface area contributed by atoms with E-state index in [-0.39, 0.29) is 12.6 Å². The third-order valence-corrected chi connectivity index (χ3v) is 4.64.